The Morgan fingerprint density at radius 3 is 2.58 bits per heavy atom. The molecule has 0 spiro atoms. The summed E-state index contributed by atoms with van der Waals surface area (Å²) in [6.45, 7) is 10.2. The van der Waals surface area contributed by atoms with Gasteiger partial charge >= 0.3 is 0 Å². The van der Waals surface area contributed by atoms with Crippen LogP contribution in [0.2, 0.25) is 0 Å². The molecule has 5 nitrogen and oxygen atoms in total. The minimum atomic E-state index is 0.110. The van der Waals surface area contributed by atoms with Gasteiger partial charge in [-0.25, -0.2) is 4.98 Å². The second-order valence-corrected chi connectivity index (χ2v) is 6.00. The molecule has 2 rings (SSSR count). The van der Waals surface area contributed by atoms with E-state index < -0.39 is 0 Å². The lowest BCUT2D eigenvalue weighted by Crippen LogP contribution is -2.35. The number of aromatic nitrogens is 4. The maximum absolute atomic E-state index is 4.28. The molecule has 0 fully saturated rings. The van der Waals surface area contributed by atoms with Crippen molar-refractivity contribution < 1.29 is 0 Å². The zero-order valence-corrected chi connectivity index (χ0v) is 12.4. The number of aryl methyl sites for hydroxylation is 1. The summed E-state index contributed by atoms with van der Waals surface area (Å²) in [6.07, 6.45) is 5.73. The highest BCUT2D eigenvalue weighted by atomic mass is 15.3. The molecule has 0 unspecified atom stereocenters. The second-order valence-electron chi connectivity index (χ2n) is 6.00. The predicted molar refractivity (Wildman–Crippen MR) is 75.9 cm³/mol. The van der Waals surface area contributed by atoms with E-state index in [-0.39, 0.29) is 5.54 Å². The quantitative estimate of drug-likeness (QED) is 0.914. The molecular formula is C14H23N5. The highest BCUT2D eigenvalue weighted by Crippen LogP contribution is 2.11. The molecule has 0 radical (unpaired) electrons. The fourth-order valence-electron chi connectivity index (χ4n) is 1.88. The molecule has 0 aliphatic heterocycles. The van der Waals surface area contributed by atoms with Gasteiger partial charge < -0.3 is 9.88 Å². The van der Waals surface area contributed by atoms with Crippen molar-refractivity contribution in [1.82, 2.24) is 24.6 Å². The van der Waals surface area contributed by atoms with Crippen molar-refractivity contribution in [3.8, 4) is 0 Å². The molecule has 104 valence electrons. The average molecular weight is 261 g/mol. The monoisotopic (exact) mass is 261 g/mol. The zero-order chi connectivity index (χ0) is 14.0. The van der Waals surface area contributed by atoms with Gasteiger partial charge in [0, 0.05) is 36.6 Å². The van der Waals surface area contributed by atoms with E-state index >= 15 is 0 Å². The molecule has 1 N–H and O–H groups in total. The van der Waals surface area contributed by atoms with E-state index in [9.17, 15) is 0 Å². The molecule has 0 aromatic carbocycles. The van der Waals surface area contributed by atoms with Crippen LogP contribution in [-0.2, 0) is 20.1 Å². The van der Waals surface area contributed by atoms with Crippen molar-refractivity contribution in [2.24, 2.45) is 7.05 Å². The SMILES string of the molecule is Cc1c(Cn2cncc2CNC(C)(C)C)cnn1C. The summed E-state index contributed by atoms with van der Waals surface area (Å²) >= 11 is 0. The Labute approximate surface area is 114 Å². The molecule has 0 aliphatic carbocycles. The smallest absolute Gasteiger partial charge is 0.0951 e. The van der Waals surface area contributed by atoms with Gasteiger partial charge in [-0.1, -0.05) is 0 Å². The molecule has 0 bridgehead atoms. The molecule has 2 aromatic heterocycles. The number of hydrogen-bond donors (Lipinski definition) is 1. The lowest BCUT2D eigenvalue weighted by molar-refractivity contribution is 0.417. The molecule has 0 atom stereocenters. The third kappa shape index (κ3) is 3.44. The topological polar surface area (TPSA) is 47.7 Å². The van der Waals surface area contributed by atoms with E-state index in [1.807, 2.05) is 30.5 Å². The summed E-state index contributed by atoms with van der Waals surface area (Å²) in [4.78, 5) is 4.25. The van der Waals surface area contributed by atoms with Gasteiger partial charge in [0.05, 0.1) is 24.8 Å². The van der Waals surface area contributed by atoms with Crippen molar-refractivity contribution in [2.75, 3.05) is 0 Å². The van der Waals surface area contributed by atoms with Crippen LogP contribution in [-0.4, -0.2) is 24.9 Å². The molecule has 0 aliphatic rings. The minimum Gasteiger partial charge on any atom is -0.329 e. The number of nitrogens with zero attached hydrogens (tertiary/aromatic N) is 4. The fourth-order valence-corrected chi connectivity index (χ4v) is 1.88. The largest absolute Gasteiger partial charge is 0.329 e. The summed E-state index contributed by atoms with van der Waals surface area (Å²) < 4.78 is 4.07. The van der Waals surface area contributed by atoms with Crippen LogP contribution in [0.3, 0.4) is 0 Å². The van der Waals surface area contributed by atoms with E-state index in [1.165, 1.54) is 17.0 Å². The molecule has 0 saturated heterocycles. The highest BCUT2D eigenvalue weighted by Gasteiger charge is 2.12. The van der Waals surface area contributed by atoms with Gasteiger partial charge in [0.2, 0.25) is 0 Å². The lowest BCUT2D eigenvalue weighted by atomic mass is 10.1. The van der Waals surface area contributed by atoms with Crippen LogP contribution in [0.1, 0.15) is 37.7 Å². The minimum absolute atomic E-state index is 0.110. The summed E-state index contributed by atoms with van der Waals surface area (Å²) in [6, 6.07) is 0. The molecule has 0 amide bonds. The van der Waals surface area contributed by atoms with Crippen LogP contribution < -0.4 is 5.32 Å². The van der Waals surface area contributed by atoms with Gasteiger partial charge in [-0.05, 0) is 27.7 Å². The van der Waals surface area contributed by atoms with Gasteiger partial charge in [-0.2, -0.15) is 5.10 Å². The summed E-state index contributed by atoms with van der Waals surface area (Å²) in [5.74, 6) is 0. The Morgan fingerprint density at radius 2 is 2.00 bits per heavy atom. The number of imidazole rings is 1. The van der Waals surface area contributed by atoms with Crippen molar-refractivity contribution in [3.63, 3.8) is 0 Å². The lowest BCUT2D eigenvalue weighted by Gasteiger charge is -2.20. The normalized spacial score (nSPS) is 12.1. The highest BCUT2D eigenvalue weighted by molar-refractivity contribution is 5.17. The van der Waals surface area contributed by atoms with Crippen LogP contribution >= 0.6 is 0 Å². The molecular weight excluding hydrogens is 238 g/mol. The Hall–Kier alpha value is -1.62. The van der Waals surface area contributed by atoms with E-state index in [0.717, 1.165) is 13.1 Å². The van der Waals surface area contributed by atoms with Gasteiger partial charge in [0.25, 0.3) is 0 Å². The first-order valence-corrected chi connectivity index (χ1v) is 6.58. The summed E-state index contributed by atoms with van der Waals surface area (Å²) in [5, 5.41) is 7.77. The third-order valence-corrected chi connectivity index (χ3v) is 3.28. The van der Waals surface area contributed by atoms with Gasteiger partial charge in [0.15, 0.2) is 0 Å². The van der Waals surface area contributed by atoms with E-state index in [1.54, 1.807) is 0 Å². The number of nitrogens with one attached hydrogen (secondary N) is 1. The Bertz CT molecular complexity index is 544. The first-order chi connectivity index (χ1) is 8.87. The number of rotatable bonds is 4. The van der Waals surface area contributed by atoms with Crippen LogP contribution in [0.25, 0.3) is 0 Å². The average Bonchev–Trinajstić information content (AvgIpc) is 2.88. The van der Waals surface area contributed by atoms with Crippen LogP contribution in [0, 0.1) is 6.92 Å². The predicted octanol–water partition coefficient (Wildman–Crippen LogP) is 1.86. The standard InChI is InChI=1S/C14H23N5/c1-11-12(6-17-18(11)5)9-19-10-15-7-13(19)8-16-14(2,3)4/h6-7,10,16H,8-9H2,1-5H3. The van der Waals surface area contributed by atoms with E-state index in [4.69, 9.17) is 0 Å². The maximum atomic E-state index is 4.28. The Morgan fingerprint density at radius 1 is 1.26 bits per heavy atom. The maximum Gasteiger partial charge on any atom is 0.0951 e. The summed E-state index contributed by atoms with van der Waals surface area (Å²) in [5.41, 5.74) is 3.73. The molecule has 5 heteroatoms. The van der Waals surface area contributed by atoms with E-state index in [0.29, 0.717) is 0 Å². The van der Waals surface area contributed by atoms with Gasteiger partial charge in [-0.15, -0.1) is 0 Å². The molecule has 0 saturated carbocycles. The van der Waals surface area contributed by atoms with Crippen molar-refractivity contribution in [3.05, 3.63) is 35.7 Å². The fraction of sp³-hybridized carbons (Fsp3) is 0.571. The summed E-state index contributed by atoms with van der Waals surface area (Å²) in [7, 11) is 1.97. The Balaban J connectivity index is 2.10. The number of hydrogen-bond acceptors (Lipinski definition) is 3. The Kier molecular flexibility index (Phi) is 3.75. The van der Waals surface area contributed by atoms with Crippen molar-refractivity contribution >= 4 is 0 Å². The van der Waals surface area contributed by atoms with Gasteiger partial charge in [0.1, 0.15) is 0 Å². The molecule has 19 heavy (non-hydrogen) atoms. The first kappa shape index (κ1) is 13.8. The zero-order valence-electron chi connectivity index (χ0n) is 12.4. The third-order valence-electron chi connectivity index (χ3n) is 3.28. The molecule has 2 heterocycles. The molecule has 2 aromatic rings. The van der Waals surface area contributed by atoms with E-state index in [2.05, 4.69) is 47.7 Å². The van der Waals surface area contributed by atoms with Crippen molar-refractivity contribution in [2.45, 2.75) is 46.3 Å². The second kappa shape index (κ2) is 5.17. The van der Waals surface area contributed by atoms with Gasteiger partial charge in [-0.3, -0.25) is 4.68 Å². The van der Waals surface area contributed by atoms with Crippen LogP contribution in [0.5, 0.6) is 0 Å². The van der Waals surface area contributed by atoms with Crippen LogP contribution in [0.4, 0.5) is 0 Å². The van der Waals surface area contributed by atoms with Crippen LogP contribution in [0.15, 0.2) is 18.7 Å². The first-order valence-electron chi connectivity index (χ1n) is 6.58. The van der Waals surface area contributed by atoms with Crippen molar-refractivity contribution in [1.29, 1.82) is 0 Å².